The molecule has 0 saturated heterocycles. The van der Waals surface area contributed by atoms with Gasteiger partial charge in [-0.15, -0.1) is 0 Å². The molecule has 3 atom stereocenters. The molecule has 0 spiro atoms. The Balaban J connectivity index is 1.44. The van der Waals surface area contributed by atoms with Crippen LogP contribution in [0.1, 0.15) is 69.0 Å². The van der Waals surface area contributed by atoms with Crippen LogP contribution in [-0.2, 0) is 22.7 Å². The van der Waals surface area contributed by atoms with Crippen molar-refractivity contribution in [2.75, 3.05) is 0 Å². The predicted molar refractivity (Wildman–Crippen MR) is 151 cm³/mol. The number of carbonyl (C=O) groups excluding carboxylic acids is 2. The SMILES string of the molecule is O=C(NOCc1ccccc1)C1c2ccccc2C(=O)N(C2CCCc3ccccc32)C1c1ccc(Cl)cc1. The lowest BCUT2D eigenvalue weighted by Crippen LogP contribution is -2.49. The Hall–Kier alpha value is -3.93. The van der Waals surface area contributed by atoms with Crippen LogP contribution in [0.5, 0.6) is 0 Å². The van der Waals surface area contributed by atoms with E-state index < -0.39 is 12.0 Å². The van der Waals surface area contributed by atoms with E-state index in [4.69, 9.17) is 16.4 Å². The number of hydrogen-bond donors (Lipinski definition) is 1. The fourth-order valence-corrected chi connectivity index (χ4v) is 6.16. The second-order valence-corrected chi connectivity index (χ2v) is 10.6. The molecule has 1 aliphatic carbocycles. The van der Waals surface area contributed by atoms with E-state index in [-0.39, 0.29) is 24.5 Å². The average molecular weight is 537 g/mol. The second kappa shape index (κ2) is 11.0. The second-order valence-electron chi connectivity index (χ2n) is 10.1. The molecule has 0 radical (unpaired) electrons. The normalized spacial score (nSPS) is 20.2. The summed E-state index contributed by atoms with van der Waals surface area (Å²) in [5.74, 6) is -1.04. The number of rotatable bonds is 6. The maximum Gasteiger partial charge on any atom is 0.255 e. The maximum absolute atomic E-state index is 14.3. The summed E-state index contributed by atoms with van der Waals surface area (Å²) < 4.78 is 0. The number of hydrogen-bond acceptors (Lipinski definition) is 3. The molecule has 0 bridgehead atoms. The summed E-state index contributed by atoms with van der Waals surface area (Å²) >= 11 is 6.26. The Labute approximate surface area is 233 Å². The molecule has 0 fully saturated rings. The first-order valence-electron chi connectivity index (χ1n) is 13.3. The van der Waals surface area contributed by atoms with Gasteiger partial charge in [0.25, 0.3) is 11.8 Å². The Morgan fingerprint density at radius 2 is 1.56 bits per heavy atom. The third-order valence-corrected chi connectivity index (χ3v) is 8.05. The van der Waals surface area contributed by atoms with Crippen LogP contribution in [0.3, 0.4) is 0 Å². The third-order valence-electron chi connectivity index (χ3n) is 7.80. The van der Waals surface area contributed by atoms with Gasteiger partial charge in [0.05, 0.1) is 24.6 Å². The van der Waals surface area contributed by atoms with E-state index in [0.717, 1.165) is 36.0 Å². The molecular weight excluding hydrogens is 508 g/mol. The summed E-state index contributed by atoms with van der Waals surface area (Å²) in [6, 6.07) is 32.2. The molecule has 1 aliphatic heterocycles. The van der Waals surface area contributed by atoms with Crippen molar-refractivity contribution in [2.45, 2.75) is 43.9 Å². The van der Waals surface area contributed by atoms with E-state index in [1.54, 1.807) is 0 Å². The zero-order valence-electron chi connectivity index (χ0n) is 21.4. The molecule has 0 saturated carbocycles. The summed E-state index contributed by atoms with van der Waals surface area (Å²) in [6.45, 7) is 0.241. The van der Waals surface area contributed by atoms with Crippen LogP contribution >= 0.6 is 11.6 Å². The van der Waals surface area contributed by atoms with Gasteiger partial charge < -0.3 is 4.90 Å². The van der Waals surface area contributed by atoms with Gasteiger partial charge in [-0.25, -0.2) is 5.48 Å². The zero-order valence-corrected chi connectivity index (χ0v) is 22.2. The summed E-state index contributed by atoms with van der Waals surface area (Å²) in [5, 5.41) is 0.600. The van der Waals surface area contributed by atoms with Crippen molar-refractivity contribution in [1.82, 2.24) is 10.4 Å². The molecule has 196 valence electrons. The monoisotopic (exact) mass is 536 g/mol. The Morgan fingerprint density at radius 3 is 2.36 bits per heavy atom. The van der Waals surface area contributed by atoms with Crippen molar-refractivity contribution in [3.8, 4) is 0 Å². The van der Waals surface area contributed by atoms with Crippen molar-refractivity contribution in [3.05, 3.63) is 142 Å². The molecule has 1 N–H and O–H groups in total. The van der Waals surface area contributed by atoms with Crippen LogP contribution in [-0.4, -0.2) is 16.7 Å². The molecule has 6 heteroatoms. The highest BCUT2D eigenvalue weighted by Gasteiger charge is 2.47. The lowest BCUT2D eigenvalue weighted by atomic mass is 9.76. The van der Waals surface area contributed by atoms with Crippen molar-refractivity contribution in [1.29, 1.82) is 0 Å². The number of amides is 2. The molecular formula is C33H29ClN2O3. The highest BCUT2D eigenvalue weighted by Crippen LogP contribution is 2.49. The Kier molecular flexibility index (Phi) is 7.18. The van der Waals surface area contributed by atoms with E-state index in [0.29, 0.717) is 16.1 Å². The number of halogens is 1. The van der Waals surface area contributed by atoms with Gasteiger partial charge >= 0.3 is 0 Å². The Morgan fingerprint density at radius 1 is 0.872 bits per heavy atom. The van der Waals surface area contributed by atoms with Crippen LogP contribution in [0, 0.1) is 0 Å². The maximum atomic E-state index is 14.3. The fraction of sp³-hybridized carbons (Fsp3) is 0.212. The van der Waals surface area contributed by atoms with Gasteiger partial charge in [-0.1, -0.05) is 96.5 Å². The summed E-state index contributed by atoms with van der Waals surface area (Å²) in [6.07, 6.45) is 2.78. The van der Waals surface area contributed by atoms with Gasteiger partial charge in [0.2, 0.25) is 0 Å². The first-order valence-corrected chi connectivity index (χ1v) is 13.7. The number of aryl methyl sites for hydroxylation is 1. The lowest BCUT2D eigenvalue weighted by molar-refractivity contribution is -0.138. The number of fused-ring (bicyclic) bond motifs is 2. The molecule has 1 heterocycles. The van der Waals surface area contributed by atoms with Crippen molar-refractivity contribution >= 4 is 23.4 Å². The Bertz CT molecular complexity index is 1490. The number of nitrogens with zero attached hydrogens (tertiary/aromatic N) is 1. The molecule has 3 unspecified atom stereocenters. The third kappa shape index (κ3) is 4.96. The number of carbonyl (C=O) groups is 2. The van der Waals surface area contributed by atoms with Gasteiger partial charge in [-0.3, -0.25) is 14.4 Å². The topological polar surface area (TPSA) is 58.6 Å². The van der Waals surface area contributed by atoms with Crippen LogP contribution < -0.4 is 5.48 Å². The van der Waals surface area contributed by atoms with Crippen molar-refractivity contribution in [2.24, 2.45) is 0 Å². The van der Waals surface area contributed by atoms with Crippen LogP contribution in [0.15, 0.2) is 103 Å². The van der Waals surface area contributed by atoms with Crippen molar-refractivity contribution < 1.29 is 14.4 Å². The lowest BCUT2D eigenvalue weighted by Gasteiger charge is -2.47. The quantitative estimate of drug-likeness (QED) is 0.271. The fourth-order valence-electron chi connectivity index (χ4n) is 6.04. The van der Waals surface area contributed by atoms with E-state index in [2.05, 4.69) is 17.6 Å². The van der Waals surface area contributed by atoms with Gasteiger partial charge in [0.1, 0.15) is 0 Å². The highest BCUT2D eigenvalue weighted by molar-refractivity contribution is 6.30. The van der Waals surface area contributed by atoms with E-state index in [1.807, 2.05) is 95.9 Å². The summed E-state index contributed by atoms with van der Waals surface area (Å²) in [5.41, 5.74) is 8.16. The van der Waals surface area contributed by atoms with Gasteiger partial charge in [0, 0.05) is 10.6 Å². The van der Waals surface area contributed by atoms with Gasteiger partial charge in [-0.2, -0.15) is 0 Å². The molecule has 2 aliphatic rings. The molecule has 2 amide bonds. The molecule has 6 rings (SSSR count). The molecule has 0 aromatic heterocycles. The minimum Gasteiger partial charge on any atom is -0.323 e. The highest BCUT2D eigenvalue weighted by atomic mass is 35.5. The number of hydroxylamine groups is 1. The predicted octanol–water partition coefficient (Wildman–Crippen LogP) is 6.95. The van der Waals surface area contributed by atoms with Crippen LogP contribution in [0.2, 0.25) is 5.02 Å². The molecule has 39 heavy (non-hydrogen) atoms. The molecule has 4 aromatic rings. The standard InChI is InChI=1S/C33H29ClN2O3/c34-25-19-17-24(18-20-25)31-30(32(37)35-39-21-22-9-2-1-3-10-22)27-14-6-7-15-28(27)33(38)36(31)29-16-8-12-23-11-4-5-13-26(23)29/h1-7,9-11,13-15,17-20,29-31H,8,12,16,21H2,(H,35,37). The largest absolute Gasteiger partial charge is 0.323 e. The average Bonchev–Trinajstić information content (AvgIpc) is 2.98. The van der Waals surface area contributed by atoms with Crippen molar-refractivity contribution in [3.63, 3.8) is 0 Å². The van der Waals surface area contributed by atoms with E-state index in [1.165, 1.54) is 5.56 Å². The number of nitrogens with one attached hydrogen (secondary N) is 1. The minimum atomic E-state index is -0.676. The van der Waals surface area contributed by atoms with Gasteiger partial charge in [0.15, 0.2) is 0 Å². The first kappa shape index (κ1) is 25.4. The summed E-state index contributed by atoms with van der Waals surface area (Å²) in [7, 11) is 0. The molecule has 5 nitrogen and oxygen atoms in total. The number of benzene rings is 4. The van der Waals surface area contributed by atoms with Crippen LogP contribution in [0.4, 0.5) is 0 Å². The first-order chi connectivity index (χ1) is 19.1. The minimum absolute atomic E-state index is 0.0680. The molecule has 4 aromatic carbocycles. The van der Waals surface area contributed by atoms with E-state index >= 15 is 0 Å². The summed E-state index contributed by atoms with van der Waals surface area (Å²) in [4.78, 5) is 35.9. The van der Waals surface area contributed by atoms with Gasteiger partial charge in [-0.05, 0) is 65.3 Å². The smallest absolute Gasteiger partial charge is 0.255 e. The van der Waals surface area contributed by atoms with Crippen LogP contribution in [0.25, 0.3) is 0 Å². The zero-order chi connectivity index (χ0) is 26.8. The van der Waals surface area contributed by atoms with E-state index in [9.17, 15) is 9.59 Å².